The zero-order valence-corrected chi connectivity index (χ0v) is 14.1. The number of methoxy groups -OCH3 is 1. The lowest BCUT2D eigenvalue weighted by molar-refractivity contribution is -0.897. The quantitative estimate of drug-likeness (QED) is 0.446. The highest BCUT2D eigenvalue weighted by molar-refractivity contribution is 5.93. The van der Waals surface area contributed by atoms with E-state index in [4.69, 9.17) is 4.74 Å². The van der Waals surface area contributed by atoms with E-state index in [0.29, 0.717) is 0 Å². The molecule has 1 aliphatic heterocycles. The van der Waals surface area contributed by atoms with E-state index in [1.165, 1.54) is 19.2 Å². The number of hydrogen-bond donors (Lipinski definition) is 3. The largest absolute Gasteiger partial charge is 0.375 e. The number of hydrogen-bond acceptors (Lipinski definition) is 5. The van der Waals surface area contributed by atoms with Crippen LogP contribution in [0.5, 0.6) is 0 Å². The highest BCUT2D eigenvalue weighted by atomic mass is 16.6. The van der Waals surface area contributed by atoms with Gasteiger partial charge in [-0.15, -0.1) is 0 Å². The summed E-state index contributed by atoms with van der Waals surface area (Å²) in [6.45, 7) is 1.79. The van der Waals surface area contributed by atoms with Crippen molar-refractivity contribution >= 4 is 23.2 Å². The predicted molar refractivity (Wildman–Crippen MR) is 90.3 cm³/mol. The van der Waals surface area contributed by atoms with E-state index in [9.17, 15) is 19.7 Å². The molecule has 0 aromatic heterocycles. The molecule has 3 N–H and O–H groups in total. The molecule has 0 bridgehead atoms. The Morgan fingerprint density at radius 2 is 1.96 bits per heavy atom. The standard InChI is InChI=1S/C16H22N4O5/c1-25-11-16(22)17-12-6-8-19(9-7-12)10-15(21)18-13-4-2-3-5-14(13)20(23)24/h2-5,12H,6-11H2,1H3,(H,17,22)(H,18,21)/p+1. The van der Waals surface area contributed by atoms with Crippen molar-refractivity contribution < 1.29 is 24.1 Å². The second-order valence-corrected chi connectivity index (χ2v) is 6.02. The normalized spacial score (nSPS) is 19.9. The minimum absolute atomic E-state index is 0.0470. The Kier molecular flexibility index (Phi) is 6.84. The van der Waals surface area contributed by atoms with Gasteiger partial charge in [0.05, 0.1) is 18.0 Å². The average Bonchev–Trinajstić information content (AvgIpc) is 2.57. The first-order valence-corrected chi connectivity index (χ1v) is 8.14. The highest BCUT2D eigenvalue weighted by Crippen LogP contribution is 2.22. The van der Waals surface area contributed by atoms with Crippen molar-refractivity contribution in [3.05, 3.63) is 34.4 Å². The third-order valence-corrected chi connectivity index (χ3v) is 4.12. The molecule has 0 atom stereocenters. The summed E-state index contributed by atoms with van der Waals surface area (Å²) >= 11 is 0. The predicted octanol–water partition coefficient (Wildman–Crippen LogP) is -0.657. The molecular formula is C16H23N4O5+. The SMILES string of the molecule is COCC(=O)NC1CC[NH+](CC(=O)Nc2ccccc2[N+](=O)[O-])CC1. The van der Waals surface area contributed by atoms with Crippen molar-refractivity contribution in [2.75, 3.05) is 38.7 Å². The van der Waals surface area contributed by atoms with Crippen LogP contribution in [0.15, 0.2) is 24.3 Å². The van der Waals surface area contributed by atoms with Gasteiger partial charge < -0.3 is 20.3 Å². The number of quaternary nitrogens is 1. The molecule has 25 heavy (non-hydrogen) atoms. The van der Waals surface area contributed by atoms with Gasteiger partial charge >= 0.3 is 0 Å². The van der Waals surface area contributed by atoms with E-state index in [1.807, 2.05) is 0 Å². The summed E-state index contributed by atoms with van der Waals surface area (Å²) in [7, 11) is 1.47. The maximum Gasteiger partial charge on any atom is 0.292 e. The van der Waals surface area contributed by atoms with Gasteiger partial charge in [-0.25, -0.2) is 0 Å². The average molecular weight is 351 g/mol. The van der Waals surface area contributed by atoms with Gasteiger partial charge in [0.2, 0.25) is 5.91 Å². The zero-order valence-electron chi connectivity index (χ0n) is 14.1. The molecule has 136 valence electrons. The minimum atomic E-state index is -0.517. The number of nitrogens with one attached hydrogen (secondary N) is 3. The minimum Gasteiger partial charge on any atom is -0.375 e. The van der Waals surface area contributed by atoms with E-state index in [-0.39, 0.29) is 42.4 Å². The number of carbonyl (C=O) groups excluding carboxylic acids is 2. The summed E-state index contributed by atoms with van der Waals surface area (Å²) < 4.78 is 4.78. The molecule has 0 radical (unpaired) electrons. The molecular weight excluding hydrogens is 328 g/mol. The second kappa shape index (κ2) is 9.09. The number of carbonyl (C=O) groups is 2. The van der Waals surface area contributed by atoms with Gasteiger partial charge in [0.25, 0.3) is 11.6 Å². The summed E-state index contributed by atoms with van der Waals surface area (Å²) in [5.41, 5.74) is 0.0871. The Balaban J connectivity index is 1.79. The Morgan fingerprint density at radius 3 is 2.60 bits per heavy atom. The lowest BCUT2D eigenvalue weighted by Gasteiger charge is -2.29. The topological polar surface area (TPSA) is 115 Å². The lowest BCUT2D eigenvalue weighted by Crippen LogP contribution is -3.14. The van der Waals surface area contributed by atoms with Crippen molar-refractivity contribution in [2.45, 2.75) is 18.9 Å². The van der Waals surface area contributed by atoms with Gasteiger partial charge in [-0.2, -0.15) is 0 Å². The summed E-state index contributed by atoms with van der Waals surface area (Å²) in [5.74, 6) is -0.392. The molecule has 9 heteroatoms. The number of amides is 2. The van der Waals surface area contributed by atoms with Gasteiger partial charge in [0, 0.05) is 32.1 Å². The number of para-hydroxylation sites is 2. The Morgan fingerprint density at radius 1 is 1.28 bits per heavy atom. The first-order chi connectivity index (χ1) is 12.0. The van der Waals surface area contributed by atoms with Crippen LogP contribution in [0, 0.1) is 10.1 Å². The van der Waals surface area contributed by atoms with Crippen LogP contribution in [0.1, 0.15) is 12.8 Å². The number of piperidine rings is 1. The molecule has 0 saturated carbocycles. The van der Waals surface area contributed by atoms with Crippen molar-refractivity contribution in [3.8, 4) is 0 Å². The Labute approximate surface area is 145 Å². The lowest BCUT2D eigenvalue weighted by atomic mass is 10.1. The number of nitrogens with zero attached hydrogens (tertiary/aromatic N) is 1. The Bertz CT molecular complexity index is 629. The van der Waals surface area contributed by atoms with Crippen LogP contribution in [0.2, 0.25) is 0 Å². The van der Waals surface area contributed by atoms with Crippen LogP contribution < -0.4 is 15.5 Å². The number of nitro benzene ring substituents is 1. The summed E-state index contributed by atoms with van der Waals surface area (Å²) in [5, 5.41) is 16.5. The molecule has 2 rings (SSSR count). The van der Waals surface area contributed by atoms with Crippen molar-refractivity contribution in [3.63, 3.8) is 0 Å². The van der Waals surface area contributed by atoms with Gasteiger partial charge in [-0.1, -0.05) is 12.1 Å². The molecule has 1 aromatic carbocycles. The number of benzene rings is 1. The monoisotopic (exact) mass is 351 g/mol. The molecule has 0 spiro atoms. The van der Waals surface area contributed by atoms with Crippen LogP contribution in [-0.2, 0) is 14.3 Å². The van der Waals surface area contributed by atoms with Crippen LogP contribution >= 0.6 is 0 Å². The fourth-order valence-electron chi connectivity index (χ4n) is 2.91. The fourth-order valence-corrected chi connectivity index (χ4v) is 2.91. The number of likely N-dealkylation sites (tertiary alicyclic amines) is 1. The van der Waals surface area contributed by atoms with E-state index >= 15 is 0 Å². The molecule has 9 nitrogen and oxygen atoms in total. The van der Waals surface area contributed by atoms with Crippen LogP contribution in [0.4, 0.5) is 11.4 Å². The van der Waals surface area contributed by atoms with Crippen molar-refractivity contribution in [2.24, 2.45) is 0 Å². The molecule has 2 amide bonds. The van der Waals surface area contributed by atoms with Crippen LogP contribution in [0.25, 0.3) is 0 Å². The molecule has 1 saturated heterocycles. The van der Waals surface area contributed by atoms with Crippen molar-refractivity contribution in [1.29, 1.82) is 0 Å². The van der Waals surface area contributed by atoms with Gasteiger partial charge in [0.1, 0.15) is 12.3 Å². The van der Waals surface area contributed by atoms with E-state index < -0.39 is 4.92 Å². The third kappa shape index (κ3) is 5.80. The molecule has 1 aromatic rings. The molecule has 1 fully saturated rings. The molecule has 0 unspecified atom stereocenters. The summed E-state index contributed by atoms with van der Waals surface area (Å²) in [4.78, 5) is 35.2. The number of ether oxygens (including phenoxy) is 1. The molecule has 1 aliphatic rings. The van der Waals surface area contributed by atoms with Crippen LogP contribution in [0.3, 0.4) is 0 Å². The van der Waals surface area contributed by atoms with Crippen LogP contribution in [-0.4, -0.2) is 56.1 Å². The third-order valence-electron chi connectivity index (χ3n) is 4.12. The Hall–Kier alpha value is -2.52. The number of nitro groups is 1. The van der Waals surface area contributed by atoms with Gasteiger partial charge in [-0.05, 0) is 6.07 Å². The van der Waals surface area contributed by atoms with Crippen molar-refractivity contribution in [1.82, 2.24) is 5.32 Å². The highest BCUT2D eigenvalue weighted by Gasteiger charge is 2.25. The molecule has 1 heterocycles. The fraction of sp³-hybridized carbons (Fsp3) is 0.500. The van der Waals surface area contributed by atoms with Gasteiger partial charge in [-0.3, -0.25) is 19.7 Å². The van der Waals surface area contributed by atoms with E-state index in [2.05, 4.69) is 10.6 Å². The van der Waals surface area contributed by atoms with E-state index in [1.54, 1.807) is 12.1 Å². The number of rotatable bonds is 7. The van der Waals surface area contributed by atoms with Gasteiger partial charge in [0.15, 0.2) is 6.54 Å². The summed E-state index contributed by atoms with van der Waals surface area (Å²) in [6, 6.07) is 6.18. The van der Waals surface area contributed by atoms with E-state index in [0.717, 1.165) is 30.8 Å². The first kappa shape index (κ1) is 18.8. The number of anilines is 1. The maximum atomic E-state index is 12.2. The smallest absolute Gasteiger partial charge is 0.292 e. The maximum absolute atomic E-state index is 12.2. The molecule has 0 aliphatic carbocycles. The second-order valence-electron chi connectivity index (χ2n) is 6.02. The zero-order chi connectivity index (χ0) is 18.2. The first-order valence-electron chi connectivity index (χ1n) is 8.14. The summed E-state index contributed by atoms with van der Waals surface area (Å²) in [6.07, 6.45) is 1.56.